The minimum absolute atomic E-state index is 0.0224. The number of para-hydroxylation sites is 2. The third-order valence-electron chi connectivity index (χ3n) is 17.8. The molecular formula is C70H54N2. The van der Waals surface area contributed by atoms with Gasteiger partial charge in [0.05, 0.1) is 22.1 Å². The number of fused-ring (bicyclic) bond motifs is 15. The predicted octanol–water partition coefficient (Wildman–Crippen LogP) is 18.7. The monoisotopic (exact) mass is 922 g/mol. The number of rotatable bonds is 4. The van der Waals surface area contributed by atoms with E-state index in [0.29, 0.717) is 11.8 Å². The third kappa shape index (κ3) is 5.61. The molecular weight excluding hydrogens is 869 g/mol. The first-order valence-electron chi connectivity index (χ1n) is 25.9. The predicted molar refractivity (Wildman–Crippen MR) is 303 cm³/mol. The van der Waals surface area contributed by atoms with Crippen LogP contribution in [0.2, 0.25) is 0 Å². The quantitative estimate of drug-likeness (QED) is 0.166. The maximum atomic E-state index is 2.56. The molecule has 2 aromatic heterocycles. The van der Waals surface area contributed by atoms with Crippen molar-refractivity contribution in [3.05, 3.63) is 240 Å². The van der Waals surface area contributed by atoms with Gasteiger partial charge < -0.3 is 9.13 Å². The first kappa shape index (κ1) is 41.6. The highest BCUT2D eigenvalue weighted by Crippen LogP contribution is 2.54. The number of benzene rings is 10. The molecule has 2 atom stereocenters. The maximum Gasteiger partial charge on any atom is 0.0547 e. The fourth-order valence-corrected chi connectivity index (χ4v) is 13.8. The van der Waals surface area contributed by atoms with Gasteiger partial charge in [-0.25, -0.2) is 0 Å². The van der Waals surface area contributed by atoms with Gasteiger partial charge in [0.15, 0.2) is 0 Å². The standard InChI is InChI=1S/C70H54N2/c1-41-42(2)52-38-60-58-36-46(44-26-30-64-56(34-44)50-22-14-16-24-62(50)70(64,5)6)28-32-66(58)72(48-19-11-8-12-20-48)68(60)40-54(52)53-39-67-59(37-51(41)53)57-35-45(27-31-65(57)71(67)47-17-9-7-10-18-47)43-25-29-63-55(33-43)49-21-13-15-23-61(49)69(63,3)4/h7-42H,1-6H3. The van der Waals surface area contributed by atoms with Crippen LogP contribution in [0.4, 0.5) is 0 Å². The SMILES string of the molecule is CC1c2cc3c4cc(-c5ccc6c(c5)-c5ccccc5C6(C)C)ccc4n(-c4ccccc4)c3cc2-c2cc3c(cc2C1C)c1cc(-c2ccc4c(c2)-c2ccccc2C4(C)C)ccc1n3-c1ccccc1. The molecule has 3 aliphatic carbocycles. The molecule has 344 valence electrons. The van der Waals surface area contributed by atoms with Crippen molar-refractivity contribution in [2.45, 2.75) is 64.2 Å². The van der Waals surface area contributed by atoms with Crippen LogP contribution in [0.1, 0.15) is 86.8 Å². The Balaban J connectivity index is 0.931. The minimum Gasteiger partial charge on any atom is -0.309 e. The normalized spacial score (nSPS) is 16.7. The van der Waals surface area contributed by atoms with Crippen molar-refractivity contribution in [2.75, 3.05) is 0 Å². The lowest BCUT2D eigenvalue weighted by molar-refractivity contribution is 0.617. The Morgan fingerprint density at radius 2 is 0.639 bits per heavy atom. The van der Waals surface area contributed by atoms with E-state index in [-0.39, 0.29) is 10.8 Å². The van der Waals surface area contributed by atoms with Gasteiger partial charge in [0.1, 0.15) is 0 Å². The van der Waals surface area contributed by atoms with E-state index in [1.165, 1.54) is 144 Å². The third-order valence-corrected chi connectivity index (χ3v) is 17.8. The average molecular weight is 923 g/mol. The minimum atomic E-state index is -0.0224. The molecule has 2 heteroatoms. The highest BCUT2D eigenvalue weighted by molar-refractivity contribution is 6.15. The number of aromatic nitrogens is 2. The molecule has 0 fully saturated rings. The Labute approximate surface area is 421 Å². The van der Waals surface area contributed by atoms with E-state index in [4.69, 9.17) is 0 Å². The molecule has 0 bridgehead atoms. The Kier molecular flexibility index (Phi) is 8.48. The van der Waals surface area contributed by atoms with E-state index in [1.807, 2.05) is 0 Å². The molecule has 2 nitrogen and oxygen atoms in total. The van der Waals surface area contributed by atoms with E-state index in [1.54, 1.807) is 0 Å². The van der Waals surface area contributed by atoms with Crippen LogP contribution in [0.5, 0.6) is 0 Å². The number of nitrogens with zero attached hydrogens (tertiary/aromatic N) is 2. The summed E-state index contributed by atoms with van der Waals surface area (Å²) in [5, 5.41) is 5.17. The van der Waals surface area contributed by atoms with Crippen molar-refractivity contribution >= 4 is 43.6 Å². The van der Waals surface area contributed by atoms with Crippen molar-refractivity contribution in [3.63, 3.8) is 0 Å². The molecule has 0 N–H and O–H groups in total. The second kappa shape index (κ2) is 14.7. The van der Waals surface area contributed by atoms with Crippen LogP contribution in [0.3, 0.4) is 0 Å². The van der Waals surface area contributed by atoms with Crippen LogP contribution in [0.15, 0.2) is 206 Å². The van der Waals surface area contributed by atoms with Crippen LogP contribution in [0.25, 0.3) is 111 Å². The Bertz CT molecular complexity index is 4010. The maximum absolute atomic E-state index is 2.56. The van der Waals surface area contributed by atoms with E-state index in [0.717, 1.165) is 0 Å². The lowest BCUT2D eigenvalue weighted by Crippen LogP contribution is -2.14. The lowest BCUT2D eigenvalue weighted by Gasteiger charge is -2.32. The molecule has 15 rings (SSSR count). The molecule has 2 unspecified atom stereocenters. The van der Waals surface area contributed by atoms with Crippen molar-refractivity contribution in [1.29, 1.82) is 0 Å². The summed E-state index contributed by atoms with van der Waals surface area (Å²) in [6.07, 6.45) is 0. The van der Waals surface area contributed by atoms with Gasteiger partial charge in [-0.3, -0.25) is 0 Å². The van der Waals surface area contributed by atoms with Gasteiger partial charge in [0, 0.05) is 43.7 Å². The summed E-state index contributed by atoms with van der Waals surface area (Å²) in [7, 11) is 0. The molecule has 0 radical (unpaired) electrons. The molecule has 0 amide bonds. The van der Waals surface area contributed by atoms with Crippen LogP contribution < -0.4 is 0 Å². The second-order valence-corrected chi connectivity index (χ2v) is 22.2. The highest BCUT2D eigenvalue weighted by Gasteiger charge is 2.37. The van der Waals surface area contributed by atoms with Crippen LogP contribution in [-0.2, 0) is 10.8 Å². The van der Waals surface area contributed by atoms with Crippen molar-refractivity contribution in [3.8, 4) is 67.0 Å². The molecule has 0 aliphatic heterocycles. The Morgan fingerprint density at radius 1 is 0.292 bits per heavy atom. The average Bonchev–Trinajstić information content (AvgIpc) is 4.07. The number of hydrogen-bond donors (Lipinski definition) is 0. The van der Waals surface area contributed by atoms with Crippen LogP contribution >= 0.6 is 0 Å². The lowest BCUT2D eigenvalue weighted by atomic mass is 9.72. The van der Waals surface area contributed by atoms with Gasteiger partial charge >= 0.3 is 0 Å². The van der Waals surface area contributed by atoms with Gasteiger partial charge in [-0.1, -0.05) is 163 Å². The molecule has 2 heterocycles. The van der Waals surface area contributed by atoms with Gasteiger partial charge in [0.2, 0.25) is 0 Å². The molecule has 0 spiro atoms. The van der Waals surface area contributed by atoms with Crippen LogP contribution in [-0.4, -0.2) is 9.13 Å². The van der Waals surface area contributed by atoms with Crippen molar-refractivity contribution in [2.24, 2.45) is 0 Å². The number of hydrogen-bond acceptors (Lipinski definition) is 0. The summed E-state index contributed by atoms with van der Waals surface area (Å²) in [6, 6.07) is 78.6. The molecule has 0 saturated carbocycles. The molecule has 3 aliphatic rings. The smallest absolute Gasteiger partial charge is 0.0547 e. The molecule has 12 aromatic rings. The summed E-state index contributed by atoms with van der Waals surface area (Å²) >= 11 is 0. The van der Waals surface area contributed by atoms with Crippen LogP contribution in [0, 0.1) is 0 Å². The van der Waals surface area contributed by atoms with Gasteiger partial charge in [-0.05, 0) is 186 Å². The van der Waals surface area contributed by atoms with Crippen molar-refractivity contribution < 1.29 is 0 Å². The summed E-state index contributed by atoms with van der Waals surface area (Å²) in [5.41, 5.74) is 28.8. The summed E-state index contributed by atoms with van der Waals surface area (Å²) < 4.78 is 5.00. The van der Waals surface area contributed by atoms with E-state index in [9.17, 15) is 0 Å². The van der Waals surface area contributed by atoms with E-state index < -0.39 is 0 Å². The summed E-state index contributed by atoms with van der Waals surface area (Å²) in [6.45, 7) is 14.3. The topological polar surface area (TPSA) is 9.86 Å². The van der Waals surface area contributed by atoms with E-state index >= 15 is 0 Å². The van der Waals surface area contributed by atoms with Crippen molar-refractivity contribution in [1.82, 2.24) is 9.13 Å². The van der Waals surface area contributed by atoms with Gasteiger partial charge in [0.25, 0.3) is 0 Å². The first-order chi connectivity index (χ1) is 35.0. The molecule has 72 heavy (non-hydrogen) atoms. The summed E-state index contributed by atoms with van der Waals surface area (Å²) in [5.74, 6) is 0.619. The zero-order valence-electron chi connectivity index (χ0n) is 41.7. The van der Waals surface area contributed by atoms with Gasteiger partial charge in [-0.15, -0.1) is 0 Å². The van der Waals surface area contributed by atoms with Gasteiger partial charge in [-0.2, -0.15) is 0 Å². The fourth-order valence-electron chi connectivity index (χ4n) is 13.8. The first-order valence-corrected chi connectivity index (χ1v) is 25.9. The molecule has 10 aromatic carbocycles. The molecule has 0 saturated heterocycles. The second-order valence-electron chi connectivity index (χ2n) is 22.2. The summed E-state index contributed by atoms with van der Waals surface area (Å²) in [4.78, 5) is 0. The zero-order chi connectivity index (χ0) is 48.4. The Hall–Kier alpha value is -8.20. The fraction of sp³-hybridized carbons (Fsp3) is 0.143. The van der Waals surface area contributed by atoms with E-state index in [2.05, 4.69) is 257 Å². The Morgan fingerprint density at radius 3 is 1.07 bits per heavy atom. The highest BCUT2D eigenvalue weighted by atomic mass is 15.0. The zero-order valence-corrected chi connectivity index (χ0v) is 41.7. The largest absolute Gasteiger partial charge is 0.309 e.